The Bertz CT molecular complexity index is 1760. The molecule has 1 aromatic heterocycles. The average molecular weight is 681 g/mol. The zero-order valence-electron chi connectivity index (χ0n) is 27.0. The van der Waals surface area contributed by atoms with Gasteiger partial charge in [-0.05, 0) is 43.3 Å². The summed E-state index contributed by atoms with van der Waals surface area (Å²) in [6.07, 6.45) is 1.10. The maximum atomic E-state index is 16.2. The van der Waals surface area contributed by atoms with Crippen molar-refractivity contribution in [2.24, 2.45) is 5.92 Å². The molecule has 1 spiro atoms. The second kappa shape index (κ2) is 12.5. The summed E-state index contributed by atoms with van der Waals surface area (Å²) < 4.78 is 29.7. The van der Waals surface area contributed by atoms with E-state index in [0.717, 1.165) is 0 Å². The largest absolute Gasteiger partial charge is 0.441 e. The van der Waals surface area contributed by atoms with Gasteiger partial charge in [0, 0.05) is 67.5 Å². The first-order valence-corrected chi connectivity index (χ1v) is 18.8. The summed E-state index contributed by atoms with van der Waals surface area (Å²) in [4.78, 5) is 52.6. The molecule has 14 nitrogen and oxygen atoms in total. The third kappa shape index (κ3) is 5.77. The molecule has 5 atom stereocenters. The van der Waals surface area contributed by atoms with Crippen LogP contribution in [0.5, 0.6) is 0 Å². The Balaban J connectivity index is 1.31. The summed E-state index contributed by atoms with van der Waals surface area (Å²) in [5.74, 6) is -1.76. The number of aliphatic hydroxyl groups is 1. The molecule has 0 saturated carbocycles. The van der Waals surface area contributed by atoms with Gasteiger partial charge in [-0.3, -0.25) is 34.1 Å². The van der Waals surface area contributed by atoms with E-state index in [2.05, 4.69) is 10.3 Å². The normalized spacial score (nSPS) is 25.0. The number of non-ortho nitro benzene ring substituents is 1. The minimum Gasteiger partial charge on any atom is -0.441 e. The van der Waals surface area contributed by atoms with Crippen molar-refractivity contribution < 1.29 is 38.0 Å². The summed E-state index contributed by atoms with van der Waals surface area (Å²) >= 11 is 0. The molecule has 3 aliphatic rings. The first kappa shape index (κ1) is 33.4. The predicted octanol–water partition coefficient (Wildman–Crippen LogP) is 3.76. The van der Waals surface area contributed by atoms with Gasteiger partial charge in [0.2, 0.25) is 14.3 Å². The molecule has 1 unspecified atom stereocenters. The number of nitrogens with zero attached hydrogens (tertiary/aromatic N) is 6. The lowest BCUT2D eigenvalue weighted by Gasteiger charge is -2.39. The quantitative estimate of drug-likeness (QED) is 0.0786. The Labute approximate surface area is 276 Å². The fourth-order valence-electron chi connectivity index (χ4n) is 7.44. The van der Waals surface area contributed by atoms with Crippen LogP contribution in [0.1, 0.15) is 43.5 Å². The lowest BCUT2D eigenvalue weighted by atomic mass is 9.82. The van der Waals surface area contributed by atoms with Crippen molar-refractivity contribution in [1.82, 2.24) is 15.0 Å². The Hall–Kier alpha value is -4.54. The van der Waals surface area contributed by atoms with Gasteiger partial charge >= 0.3 is 5.97 Å². The number of aromatic nitrogens is 3. The molecule has 6 rings (SSSR count). The topological polar surface area (TPSA) is 170 Å². The van der Waals surface area contributed by atoms with Crippen LogP contribution >= 0.6 is 0 Å². The fourth-order valence-corrected chi connectivity index (χ4v) is 9.98. The maximum absolute atomic E-state index is 16.2. The number of anilines is 2. The van der Waals surface area contributed by atoms with Crippen molar-refractivity contribution in [3.8, 4) is 0 Å². The minimum absolute atomic E-state index is 0.0723. The van der Waals surface area contributed by atoms with Gasteiger partial charge in [0.05, 0.1) is 35.4 Å². The summed E-state index contributed by atoms with van der Waals surface area (Å²) in [5, 5.41) is 29.3. The summed E-state index contributed by atoms with van der Waals surface area (Å²) in [5.41, 5.74) is 0.143. The summed E-state index contributed by atoms with van der Waals surface area (Å²) in [6.45, 7) is 6.57. The molecule has 2 aromatic carbocycles. The van der Waals surface area contributed by atoms with Gasteiger partial charge in [0.1, 0.15) is 0 Å². The Morgan fingerprint density at radius 2 is 1.96 bits per heavy atom. The van der Waals surface area contributed by atoms with Crippen LogP contribution in [0.4, 0.5) is 21.2 Å². The molecular weight excluding hydrogens is 643 g/mol. The van der Waals surface area contributed by atoms with E-state index < -0.39 is 54.6 Å². The van der Waals surface area contributed by atoms with Gasteiger partial charge in [-0.15, -0.1) is 5.10 Å². The lowest BCUT2D eigenvalue weighted by molar-refractivity contribution is -0.385. The van der Waals surface area contributed by atoms with E-state index in [4.69, 9.17) is 9.47 Å². The molecular formula is C32H37FN6O8Si. The van der Waals surface area contributed by atoms with E-state index in [1.807, 2.05) is 0 Å². The van der Waals surface area contributed by atoms with Crippen molar-refractivity contribution >= 4 is 43.3 Å². The summed E-state index contributed by atoms with van der Waals surface area (Å²) in [6, 6.07) is 11.1. The van der Waals surface area contributed by atoms with E-state index in [0.29, 0.717) is 47.6 Å². The van der Waals surface area contributed by atoms with Gasteiger partial charge in [0.15, 0.2) is 11.8 Å². The molecule has 3 aromatic rings. The molecule has 0 radical (unpaired) electrons. The van der Waals surface area contributed by atoms with Crippen LogP contribution in [0, 0.1) is 16.0 Å². The number of benzene rings is 2. The third-order valence-electron chi connectivity index (χ3n) is 9.51. The maximum Gasteiger partial charge on any atom is 0.304 e. The number of rotatable bonds is 11. The highest BCUT2D eigenvalue weighted by Crippen LogP contribution is 2.60. The van der Waals surface area contributed by atoms with Gasteiger partial charge in [-0.2, -0.15) is 0 Å². The number of esters is 1. The average Bonchev–Trinajstić information content (AvgIpc) is 3.66. The van der Waals surface area contributed by atoms with Gasteiger partial charge in [-0.25, -0.2) is 0 Å². The highest BCUT2D eigenvalue weighted by molar-refractivity contribution is 6.72. The van der Waals surface area contributed by atoms with Crippen LogP contribution in [0.3, 0.4) is 0 Å². The Morgan fingerprint density at radius 3 is 2.58 bits per heavy atom. The number of β-lactam (4-membered cyclic amide) rings is 1. The zero-order valence-corrected chi connectivity index (χ0v) is 28.0. The van der Waals surface area contributed by atoms with Crippen LogP contribution < -0.4 is 9.80 Å². The molecule has 2 fully saturated rings. The van der Waals surface area contributed by atoms with Crippen LogP contribution in [0.25, 0.3) is 0 Å². The first-order chi connectivity index (χ1) is 22.7. The number of carbonyl (C=O) groups is 3. The number of nitro groups is 1. The number of aliphatic hydroxyl groups excluding tert-OH is 1. The molecule has 4 heterocycles. The number of aryl methyl sites for hydroxylation is 1. The fraction of sp³-hybridized carbons (Fsp3) is 0.469. The number of ether oxygens (including phenoxy) is 2. The second-order valence-corrected chi connectivity index (χ2v) is 16.8. The molecule has 16 heteroatoms. The highest BCUT2D eigenvalue weighted by atomic mass is 28.4. The Morgan fingerprint density at radius 1 is 1.23 bits per heavy atom. The monoisotopic (exact) mass is 680 g/mol. The molecule has 1 N–H and O–H groups in total. The SMILES string of the molecule is CC(=O)OC1CC(=O)N1c1ccc(CN2C(=O)[C@@]3(O[C@@H](CCn4cc(CCO)nn4)[C@H]([Si](C)(C)F)[C@H]3C)c3cc([N+](=O)[O-])ccc32)cc1. The van der Waals surface area contributed by atoms with Crippen LogP contribution in [0.15, 0.2) is 48.7 Å². The van der Waals surface area contributed by atoms with Crippen molar-refractivity contribution in [2.45, 2.75) is 82.8 Å². The van der Waals surface area contributed by atoms with Crippen LogP contribution in [-0.4, -0.2) is 70.2 Å². The molecule has 48 heavy (non-hydrogen) atoms. The van der Waals surface area contributed by atoms with Crippen LogP contribution in [0.2, 0.25) is 18.6 Å². The molecule has 254 valence electrons. The first-order valence-electron chi connectivity index (χ1n) is 15.8. The van der Waals surface area contributed by atoms with Crippen molar-refractivity contribution in [2.75, 3.05) is 16.4 Å². The predicted molar refractivity (Wildman–Crippen MR) is 172 cm³/mol. The molecule has 0 bridgehead atoms. The second-order valence-electron chi connectivity index (χ2n) is 13.1. The molecule has 2 amide bonds. The minimum atomic E-state index is -3.48. The number of hydrogen-bond donors (Lipinski definition) is 1. The van der Waals surface area contributed by atoms with Gasteiger partial charge < -0.3 is 23.6 Å². The van der Waals surface area contributed by atoms with E-state index in [9.17, 15) is 29.6 Å². The number of amides is 2. The van der Waals surface area contributed by atoms with E-state index in [1.165, 1.54) is 34.9 Å². The van der Waals surface area contributed by atoms with Crippen molar-refractivity contribution in [1.29, 1.82) is 0 Å². The standard InChI is InChI=1S/C32H37FN6O8Si/c1-19-30(48(3,4)33)27(11-13-36-18-22(12-14-40)34-35-36)47-32(19)25-15-24(39(44)45)9-10-26(25)37(31(32)43)17-21-5-7-23(8-6-21)38-28(42)16-29(38)46-20(2)41/h5-10,15,18-19,27,29-30,40H,11-14,16-17H2,1-4H3/t19-,27+,29?,30-,32+/m1/s1. The number of carbonyl (C=O) groups excluding carboxylic acids is 3. The van der Waals surface area contributed by atoms with Crippen molar-refractivity contribution in [3.05, 3.63) is 75.6 Å². The highest BCUT2D eigenvalue weighted by Gasteiger charge is 2.67. The third-order valence-corrected chi connectivity index (χ3v) is 12.0. The smallest absolute Gasteiger partial charge is 0.304 e. The van der Waals surface area contributed by atoms with Crippen LogP contribution in [-0.2, 0) is 49.0 Å². The lowest BCUT2D eigenvalue weighted by Crippen LogP contribution is -2.54. The van der Waals surface area contributed by atoms with E-state index >= 15 is 4.11 Å². The summed E-state index contributed by atoms with van der Waals surface area (Å²) in [7, 11) is -3.48. The van der Waals surface area contributed by atoms with Gasteiger partial charge in [0.25, 0.3) is 11.6 Å². The van der Waals surface area contributed by atoms with E-state index in [-0.39, 0.29) is 31.2 Å². The molecule has 0 aliphatic carbocycles. The molecule has 3 aliphatic heterocycles. The van der Waals surface area contributed by atoms with Crippen molar-refractivity contribution in [3.63, 3.8) is 0 Å². The number of fused-ring (bicyclic) bond motifs is 2. The Kier molecular flexibility index (Phi) is 8.68. The van der Waals surface area contributed by atoms with E-state index in [1.54, 1.807) is 55.2 Å². The number of nitro benzene ring substituents is 1. The molecule has 2 saturated heterocycles. The number of halogens is 1. The van der Waals surface area contributed by atoms with Gasteiger partial charge in [-0.1, -0.05) is 24.3 Å². The number of hydrogen-bond acceptors (Lipinski definition) is 10. The zero-order chi connectivity index (χ0) is 34.5.